The summed E-state index contributed by atoms with van der Waals surface area (Å²) in [6.45, 7) is 3.72. The van der Waals surface area contributed by atoms with Gasteiger partial charge in [0, 0.05) is 50.0 Å². The Morgan fingerprint density at radius 2 is 1.89 bits per heavy atom. The normalized spacial score (nSPS) is 17.3. The van der Waals surface area contributed by atoms with Gasteiger partial charge in [0.15, 0.2) is 0 Å². The van der Waals surface area contributed by atoms with E-state index >= 15 is 0 Å². The van der Waals surface area contributed by atoms with Gasteiger partial charge in [0.25, 0.3) is 5.91 Å². The molecule has 0 spiro atoms. The zero-order chi connectivity index (χ0) is 26.3. The summed E-state index contributed by atoms with van der Waals surface area (Å²) in [5.74, 6) is 1.46. The smallest absolute Gasteiger partial charge is 0.254 e. The van der Waals surface area contributed by atoms with Crippen molar-refractivity contribution in [1.29, 1.82) is 0 Å². The van der Waals surface area contributed by atoms with Crippen LogP contribution in [0, 0.1) is 12.8 Å². The summed E-state index contributed by atoms with van der Waals surface area (Å²) >= 11 is 0. The van der Waals surface area contributed by atoms with E-state index in [1.54, 1.807) is 25.4 Å². The Kier molecular flexibility index (Phi) is 8.79. The molecule has 3 aromatic rings. The van der Waals surface area contributed by atoms with Crippen LogP contribution in [-0.4, -0.2) is 47.7 Å². The van der Waals surface area contributed by atoms with Crippen LogP contribution in [0.4, 0.5) is 5.82 Å². The summed E-state index contributed by atoms with van der Waals surface area (Å²) in [5.41, 5.74) is 6.93. The molecule has 2 heterocycles. The molecular formula is C30H37N3O4. The second-order valence-corrected chi connectivity index (χ2v) is 9.80. The molecule has 1 amide bonds. The Morgan fingerprint density at radius 1 is 1.14 bits per heavy atom. The first-order valence-electron chi connectivity index (χ1n) is 13.0. The summed E-state index contributed by atoms with van der Waals surface area (Å²) in [6, 6.07) is 18.9. The highest BCUT2D eigenvalue weighted by Gasteiger charge is 2.43. The molecule has 4 rings (SSSR count). The van der Waals surface area contributed by atoms with Crippen LogP contribution in [0.3, 0.4) is 0 Å². The molecule has 0 saturated carbocycles. The van der Waals surface area contributed by atoms with Gasteiger partial charge in [-0.2, -0.15) is 0 Å². The number of aromatic nitrogens is 1. The topological polar surface area (TPSA) is 97.9 Å². The number of likely N-dealkylation sites (tertiary alicyclic amines) is 1. The number of unbranched alkanes of at least 4 members (excludes halogenated alkanes) is 1. The number of anilines is 1. The number of carbonyl (C=O) groups excluding carboxylic acids is 1. The molecule has 1 fully saturated rings. The lowest BCUT2D eigenvalue weighted by molar-refractivity contribution is -0.0589. The Morgan fingerprint density at radius 3 is 2.65 bits per heavy atom. The molecule has 0 radical (unpaired) electrons. The highest BCUT2D eigenvalue weighted by Crippen LogP contribution is 2.44. The van der Waals surface area contributed by atoms with E-state index in [9.17, 15) is 9.90 Å². The van der Waals surface area contributed by atoms with Crippen molar-refractivity contribution in [3.8, 4) is 11.5 Å². The van der Waals surface area contributed by atoms with Crippen molar-refractivity contribution in [3.05, 3.63) is 83.6 Å². The first-order chi connectivity index (χ1) is 17.9. The van der Waals surface area contributed by atoms with E-state index in [0.717, 1.165) is 42.6 Å². The third kappa shape index (κ3) is 6.29. The first-order valence-corrected chi connectivity index (χ1v) is 13.0. The van der Waals surface area contributed by atoms with Crippen molar-refractivity contribution >= 4 is 11.7 Å². The van der Waals surface area contributed by atoms with E-state index in [0.29, 0.717) is 43.2 Å². The van der Waals surface area contributed by atoms with Crippen molar-refractivity contribution in [3.63, 3.8) is 0 Å². The second-order valence-electron chi connectivity index (χ2n) is 9.80. The van der Waals surface area contributed by atoms with Crippen molar-refractivity contribution in [2.24, 2.45) is 5.92 Å². The number of rotatable bonds is 10. The van der Waals surface area contributed by atoms with Crippen LogP contribution >= 0.6 is 0 Å². The SMILES string of the molecule is COCCCC[C@@](O)(c1ccccc1Oc1ccccc1C)C1CCCN(C(=O)c2ccnc(N)c2)C1. The number of aliphatic hydroxyl groups is 1. The van der Waals surface area contributed by atoms with Gasteiger partial charge < -0.3 is 25.2 Å². The number of amides is 1. The number of aryl methyl sites for hydroxylation is 1. The lowest BCUT2D eigenvalue weighted by Gasteiger charge is -2.43. The first kappa shape index (κ1) is 26.6. The van der Waals surface area contributed by atoms with Gasteiger partial charge in [0.1, 0.15) is 17.3 Å². The Bertz CT molecular complexity index is 1200. The maximum Gasteiger partial charge on any atom is 0.254 e. The summed E-state index contributed by atoms with van der Waals surface area (Å²) in [7, 11) is 1.69. The lowest BCUT2D eigenvalue weighted by atomic mass is 9.73. The fourth-order valence-electron chi connectivity index (χ4n) is 5.22. The van der Waals surface area contributed by atoms with Gasteiger partial charge in [0.05, 0.1) is 5.60 Å². The molecule has 37 heavy (non-hydrogen) atoms. The molecule has 3 N–H and O–H groups in total. The highest BCUT2D eigenvalue weighted by molar-refractivity contribution is 5.94. The van der Waals surface area contributed by atoms with Crippen molar-refractivity contribution in [1.82, 2.24) is 9.88 Å². The quantitative estimate of drug-likeness (QED) is 0.363. The zero-order valence-corrected chi connectivity index (χ0v) is 21.7. The molecule has 2 atom stereocenters. The van der Waals surface area contributed by atoms with Gasteiger partial charge in [-0.1, -0.05) is 36.4 Å². The fourth-order valence-corrected chi connectivity index (χ4v) is 5.22. The molecule has 7 nitrogen and oxygen atoms in total. The number of hydrogen-bond acceptors (Lipinski definition) is 6. The number of pyridine rings is 1. The maximum atomic E-state index is 13.3. The minimum absolute atomic E-state index is 0.0926. The molecule has 1 aliphatic rings. The minimum atomic E-state index is -1.18. The highest BCUT2D eigenvalue weighted by atomic mass is 16.5. The molecule has 7 heteroatoms. The van der Waals surface area contributed by atoms with Gasteiger partial charge in [-0.15, -0.1) is 0 Å². The van der Waals surface area contributed by atoms with Gasteiger partial charge in [-0.05, 0) is 68.9 Å². The molecule has 2 aromatic carbocycles. The summed E-state index contributed by atoms with van der Waals surface area (Å²) < 4.78 is 11.6. The zero-order valence-electron chi connectivity index (χ0n) is 21.7. The number of methoxy groups -OCH3 is 1. The van der Waals surface area contributed by atoms with E-state index in [-0.39, 0.29) is 11.8 Å². The van der Waals surface area contributed by atoms with Crippen LogP contribution in [0.5, 0.6) is 11.5 Å². The third-order valence-corrected chi connectivity index (χ3v) is 7.24. The molecule has 0 aliphatic carbocycles. The predicted octanol–water partition coefficient (Wildman–Crippen LogP) is 5.32. The van der Waals surface area contributed by atoms with Crippen LogP contribution in [-0.2, 0) is 10.3 Å². The van der Waals surface area contributed by atoms with Gasteiger partial charge in [0.2, 0.25) is 0 Å². The average Bonchev–Trinajstić information content (AvgIpc) is 2.92. The van der Waals surface area contributed by atoms with Crippen LogP contribution in [0.1, 0.15) is 53.6 Å². The molecule has 1 unspecified atom stereocenters. The Balaban J connectivity index is 1.65. The average molecular weight is 504 g/mol. The number of nitrogens with zero attached hydrogens (tertiary/aromatic N) is 2. The van der Waals surface area contributed by atoms with Crippen LogP contribution in [0.15, 0.2) is 66.9 Å². The number of para-hydroxylation sites is 2. The molecular weight excluding hydrogens is 466 g/mol. The number of ether oxygens (including phenoxy) is 2. The summed E-state index contributed by atoms with van der Waals surface area (Å²) in [4.78, 5) is 19.2. The molecule has 1 aliphatic heterocycles. The number of hydrogen-bond donors (Lipinski definition) is 2. The van der Waals surface area contributed by atoms with E-state index in [4.69, 9.17) is 15.2 Å². The third-order valence-electron chi connectivity index (χ3n) is 7.24. The fraction of sp³-hybridized carbons (Fsp3) is 0.400. The van der Waals surface area contributed by atoms with Gasteiger partial charge in [-0.3, -0.25) is 4.79 Å². The second kappa shape index (κ2) is 12.2. The summed E-state index contributed by atoms with van der Waals surface area (Å²) in [5, 5.41) is 12.5. The van der Waals surface area contributed by atoms with E-state index in [2.05, 4.69) is 4.98 Å². The maximum absolute atomic E-state index is 13.3. The van der Waals surface area contributed by atoms with Crippen molar-refractivity contribution in [2.45, 2.75) is 44.6 Å². The minimum Gasteiger partial charge on any atom is -0.457 e. The monoisotopic (exact) mass is 503 g/mol. The molecule has 196 valence electrons. The number of benzene rings is 2. The number of piperidine rings is 1. The standard InChI is InChI=1S/C30H37N3O4/c1-22-10-3-5-13-26(22)37-27-14-6-4-12-25(27)30(35,16-7-8-19-36-2)24-11-9-18-33(21-24)29(34)23-15-17-32-28(31)20-23/h3-6,10,12-15,17,20,24,35H,7-9,11,16,18-19,21H2,1-2H3,(H2,31,32)/t24?,30-/m0/s1. The van der Waals surface area contributed by atoms with E-state index in [1.165, 1.54) is 0 Å². The predicted molar refractivity (Wildman–Crippen MR) is 145 cm³/mol. The van der Waals surface area contributed by atoms with E-state index < -0.39 is 5.60 Å². The lowest BCUT2D eigenvalue weighted by Crippen LogP contribution is -2.48. The Labute approximate surface area is 219 Å². The Hall–Kier alpha value is -3.42. The van der Waals surface area contributed by atoms with Gasteiger partial charge in [-0.25, -0.2) is 4.98 Å². The van der Waals surface area contributed by atoms with Crippen LogP contribution in [0.2, 0.25) is 0 Å². The molecule has 1 aromatic heterocycles. The van der Waals surface area contributed by atoms with E-state index in [1.807, 2.05) is 60.4 Å². The molecule has 1 saturated heterocycles. The number of nitrogens with two attached hydrogens (primary N) is 1. The van der Waals surface area contributed by atoms with Crippen molar-refractivity contribution in [2.75, 3.05) is 32.5 Å². The van der Waals surface area contributed by atoms with Crippen LogP contribution < -0.4 is 10.5 Å². The van der Waals surface area contributed by atoms with Crippen molar-refractivity contribution < 1.29 is 19.4 Å². The number of nitrogen functional groups attached to an aromatic ring is 1. The van der Waals surface area contributed by atoms with Crippen LogP contribution in [0.25, 0.3) is 0 Å². The molecule has 0 bridgehead atoms. The van der Waals surface area contributed by atoms with Gasteiger partial charge >= 0.3 is 0 Å². The number of carbonyl (C=O) groups is 1. The summed E-state index contributed by atoms with van der Waals surface area (Å²) in [6.07, 6.45) is 5.33. The largest absolute Gasteiger partial charge is 0.457 e.